The van der Waals surface area contributed by atoms with Crippen LogP contribution in [0.15, 0.2) is 29.2 Å². The molecule has 0 saturated carbocycles. The van der Waals surface area contributed by atoms with Crippen LogP contribution in [0.3, 0.4) is 0 Å². The Morgan fingerprint density at radius 1 is 1.27 bits per heavy atom. The Bertz CT molecular complexity index is 293. The number of ketones is 1. The van der Waals surface area contributed by atoms with Crippen LogP contribution in [0.1, 0.15) is 5.56 Å². The zero-order chi connectivity index (χ0) is 7.68. The molecule has 0 aromatic heterocycles. The number of carbonyl (C=O) groups excluding carboxylic acids is 1. The molecule has 0 unspecified atom stereocenters. The molecule has 0 radical (unpaired) electrons. The molecule has 0 saturated heterocycles. The molecule has 0 atom stereocenters. The summed E-state index contributed by atoms with van der Waals surface area (Å²) in [6.07, 6.45) is 0.628. The van der Waals surface area contributed by atoms with Crippen molar-refractivity contribution in [1.29, 1.82) is 0 Å². The largest absolute Gasteiger partial charge is 0.298 e. The Morgan fingerprint density at radius 2 is 2.09 bits per heavy atom. The van der Waals surface area contributed by atoms with Gasteiger partial charge < -0.3 is 0 Å². The minimum Gasteiger partial charge on any atom is -0.298 e. The van der Waals surface area contributed by atoms with Gasteiger partial charge in [-0.1, -0.05) is 18.2 Å². The molecule has 0 spiro atoms. The summed E-state index contributed by atoms with van der Waals surface area (Å²) < 4.78 is 0. The van der Waals surface area contributed by atoms with E-state index in [0.717, 1.165) is 0 Å². The SMILES string of the molecule is O=C1CSc2ccccc2C1. The molecule has 1 aromatic rings. The monoisotopic (exact) mass is 164 g/mol. The lowest BCUT2D eigenvalue weighted by molar-refractivity contribution is -0.116. The summed E-state index contributed by atoms with van der Waals surface area (Å²) >= 11 is 1.65. The van der Waals surface area contributed by atoms with Gasteiger partial charge in [0.05, 0.1) is 5.75 Å². The molecule has 11 heavy (non-hydrogen) atoms. The van der Waals surface area contributed by atoms with Gasteiger partial charge in [-0.2, -0.15) is 0 Å². The fourth-order valence-corrected chi connectivity index (χ4v) is 2.13. The maximum absolute atomic E-state index is 11.0. The van der Waals surface area contributed by atoms with Crippen LogP contribution >= 0.6 is 11.8 Å². The van der Waals surface area contributed by atoms with Gasteiger partial charge in [0.2, 0.25) is 0 Å². The molecular weight excluding hydrogens is 156 g/mol. The number of rotatable bonds is 0. The average molecular weight is 164 g/mol. The van der Waals surface area contributed by atoms with E-state index < -0.39 is 0 Å². The third-order valence-corrected chi connectivity index (χ3v) is 2.92. The molecule has 0 amide bonds. The quantitative estimate of drug-likeness (QED) is 0.582. The molecular formula is C9H8OS. The van der Waals surface area contributed by atoms with E-state index in [9.17, 15) is 4.79 Å². The second kappa shape index (κ2) is 2.70. The second-order valence-electron chi connectivity index (χ2n) is 2.61. The van der Waals surface area contributed by atoms with E-state index >= 15 is 0 Å². The van der Waals surface area contributed by atoms with E-state index in [2.05, 4.69) is 6.07 Å². The van der Waals surface area contributed by atoms with Gasteiger partial charge in [0, 0.05) is 11.3 Å². The van der Waals surface area contributed by atoms with E-state index in [1.54, 1.807) is 11.8 Å². The van der Waals surface area contributed by atoms with Crippen molar-refractivity contribution in [3.8, 4) is 0 Å². The van der Waals surface area contributed by atoms with Crippen LogP contribution in [-0.2, 0) is 11.2 Å². The van der Waals surface area contributed by atoms with Crippen LogP contribution in [0, 0.1) is 0 Å². The van der Waals surface area contributed by atoms with Crippen molar-refractivity contribution < 1.29 is 4.79 Å². The molecule has 1 aromatic carbocycles. The number of thioether (sulfide) groups is 1. The van der Waals surface area contributed by atoms with Crippen LogP contribution in [0.25, 0.3) is 0 Å². The summed E-state index contributed by atoms with van der Waals surface area (Å²) in [4.78, 5) is 12.3. The average Bonchev–Trinajstić information content (AvgIpc) is 2.04. The fourth-order valence-electron chi connectivity index (χ4n) is 1.21. The topological polar surface area (TPSA) is 17.1 Å². The normalized spacial score (nSPS) is 16.2. The Balaban J connectivity index is 2.41. The summed E-state index contributed by atoms with van der Waals surface area (Å²) in [5, 5.41) is 0. The van der Waals surface area contributed by atoms with Crippen molar-refractivity contribution in [2.75, 3.05) is 5.75 Å². The highest BCUT2D eigenvalue weighted by Gasteiger charge is 2.14. The van der Waals surface area contributed by atoms with Crippen LogP contribution < -0.4 is 0 Å². The number of fused-ring (bicyclic) bond motifs is 1. The summed E-state index contributed by atoms with van der Waals surface area (Å²) in [6.45, 7) is 0. The van der Waals surface area contributed by atoms with Crippen molar-refractivity contribution in [3.05, 3.63) is 29.8 Å². The fraction of sp³-hybridized carbons (Fsp3) is 0.222. The Morgan fingerprint density at radius 3 is 3.00 bits per heavy atom. The minimum atomic E-state index is 0.341. The van der Waals surface area contributed by atoms with Gasteiger partial charge in [-0.15, -0.1) is 11.8 Å². The molecule has 2 rings (SSSR count). The number of Topliss-reactive ketones (excluding diaryl/α,β-unsaturated/α-hetero) is 1. The molecule has 1 aliphatic heterocycles. The minimum absolute atomic E-state index is 0.341. The van der Waals surface area contributed by atoms with E-state index in [0.29, 0.717) is 18.0 Å². The molecule has 1 heterocycles. The van der Waals surface area contributed by atoms with Gasteiger partial charge in [0.25, 0.3) is 0 Å². The van der Waals surface area contributed by atoms with Gasteiger partial charge in [-0.25, -0.2) is 0 Å². The molecule has 56 valence electrons. The number of carbonyl (C=O) groups is 1. The van der Waals surface area contributed by atoms with Gasteiger partial charge in [-0.3, -0.25) is 4.79 Å². The standard InChI is InChI=1S/C9H8OS/c10-8-5-7-3-1-2-4-9(7)11-6-8/h1-4H,5-6H2. The van der Waals surface area contributed by atoms with Gasteiger partial charge in [0.1, 0.15) is 5.78 Å². The predicted molar refractivity (Wildman–Crippen MR) is 45.9 cm³/mol. The lowest BCUT2D eigenvalue weighted by Gasteiger charge is -2.12. The first-order valence-corrected chi connectivity index (χ1v) is 4.57. The van der Waals surface area contributed by atoms with Crippen molar-refractivity contribution >= 4 is 17.5 Å². The van der Waals surface area contributed by atoms with Gasteiger partial charge >= 0.3 is 0 Å². The maximum atomic E-state index is 11.0. The zero-order valence-corrected chi connectivity index (χ0v) is 6.86. The van der Waals surface area contributed by atoms with Crippen LogP contribution in [-0.4, -0.2) is 11.5 Å². The first-order chi connectivity index (χ1) is 5.36. The molecule has 2 heteroatoms. The maximum Gasteiger partial charge on any atom is 0.147 e. The van der Waals surface area contributed by atoms with E-state index in [4.69, 9.17) is 0 Å². The Labute approximate surface area is 69.8 Å². The number of hydrogen-bond donors (Lipinski definition) is 0. The lowest BCUT2D eigenvalue weighted by atomic mass is 10.1. The highest BCUT2D eigenvalue weighted by molar-refractivity contribution is 8.00. The lowest BCUT2D eigenvalue weighted by Crippen LogP contribution is -2.11. The van der Waals surface area contributed by atoms with Crippen molar-refractivity contribution in [2.45, 2.75) is 11.3 Å². The molecule has 0 aliphatic carbocycles. The highest BCUT2D eigenvalue weighted by atomic mass is 32.2. The summed E-state index contributed by atoms with van der Waals surface area (Å²) in [5.41, 5.74) is 1.19. The van der Waals surface area contributed by atoms with Gasteiger partial charge in [-0.05, 0) is 11.6 Å². The summed E-state index contributed by atoms with van der Waals surface area (Å²) in [5.74, 6) is 0.991. The number of hydrogen-bond acceptors (Lipinski definition) is 2. The molecule has 0 N–H and O–H groups in total. The van der Waals surface area contributed by atoms with Crippen molar-refractivity contribution in [3.63, 3.8) is 0 Å². The Hall–Kier alpha value is -0.760. The van der Waals surface area contributed by atoms with E-state index in [1.807, 2.05) is 18.2 Å². The van der Waals surface area contributed by atoms with Crippen molar-refractivity contribution in [1.82, 2.24) is 0 Å². The summed E-state index contributed by atoms with van der Waals surface area (Å²) in [7, 11) is 0. The second-order valence-corrected chi connectivity index (χ2v) is 3.63. The smallest absolute Gasteiger partial charge is 0.147 e. The zero-order valence-electron chi connectivity index (χ0n) is 6.04. The van der Waals surface area contributed by atoms with E-state index in [-0.39, 0.29) is 0 Å². The number of benzene rings is 1. The predicted octanol–water partition coefficient (Wildman–Crippen LogP) is 1.90. The first kappa shape index (κ1) is 6.92. The summed E-state index contributed by atoms with van der Waals surface area (Å²) in [6, 6.07) is 8.10. The molecule has 0 fully saturated rings. The third kappa shape index (κ3) is 1.31. The van der Waals surface area contributed by atoms with Crippen LogP contribution in [0.5, 0.6) is 0 Å². The van der Waals surface area contributed by atoms with Crippen LogP contribution in [0.4, 0.5) is 0 Å². The molecule has 1 nitrogen and oxygen atoms in total. The first-order valence-electron chi connectivity index (χ1n) is 3.58. The molecule has 1 aliphatic rings. The van der Waals surface area contributed by atoms with Gasteiger partial charge in [0.15, 0.2) is 0 Å². The third-order valence-electron chi connectivity index (χ3n) is 1.75. The van der Waals surface area contributed by atoms with E-state index in [1.165, 1.54) is 10.5 Å². The molecule has 0 bridgehead atoms. The van der Waals surface area contributed by atoms with Crippen molar-refractivity contribution in [2.24, 2.45) is 0 Å². The highest BCUT2D eigenvalue weighted by Crippen LogP contribution is 2.27. The Kier molecular flexibility index (Phi) is 1.70. The van der Waals surface area contributed by atoms with Crippen LogP contribution in [0.2, 0.25) is 0 Å².